The Morgan fingerprint density at radius 2 is 1.88 bits per heavy atom. The summed E-state index contributed by atoms with van der Waals surface area (Å²) in [6.07, 6.45) is 0. The molecule has 0 aliphatic carbocycles. The average Bonchev–Trinajstić information content (AvgIpc) is 2.72. The monoisotopic (exact) mass is 241 g/mol. The van der Waals surface area contributed by atoms with Crippen LogP contribution in [0, 0.1) is 6.92 Å². The van der Waals surface area contributed by atoms with E-state index in [-0.39, 0.29) is 0 Å². The summed E-state index contributed by atoms with van der Waals surface area (Å²) in [5, 5.41) is 1.99. The zero-order chi connectivity index (χ0) is 11.8. The number of aromatic nitrogens is 1. The zero-order valence-electron chi connectivity index (χ0n) is 9.50. The number of aryl methyl sites for hydroxylation is 1. The minimum absolute atomic E-state index is 0.761. The summed E-state index contributed by atoms with van der Waals surface area (Å²) < 4.78 is 0. The second-order valence-electron chi connectivity index (χ2n) is 4.28. The van der Waals surface area contributed by atoms with Crippen LogP contribution in [0.15, 0.2) is 48.5 Å². The normalized spacial score (nSPS) is 10.9. The lowest BCUT2D eigenvalue weighted by Gasteiger charge is -1.97. The lowest BCUT2D eigenvalue weighted by atomic mass is 10.1. The molecule has 0 radical (unpaired) electrons. The summed E-state index contributed by atoms with van der Waals surface area (Å²) in [7, 11) is 0. The maximum Gasteiger partial charge on any atom is 0.0465 e. The Labute approximate surface area is 105 Å². The van der Waals surface area contributed by atoms with Gasteiger partial charge in [-0.25, -0.2) is 0 Å². The highest BCUT2D eigenvalue weighted by Crippen LogP contribution is 2.26. The van der Waals surface area contributed by atoms with Crippen molar-refractivity contribution in [2.24, 2.45) is 0 Å². The van der Waals surface area contributed by atoms with Crippen molar-refractivity contribution in [3.63, 3.8) is 0 Å². The van der Waals surface area contributed by atoms with Gasteiger partial charge in [-0.15, -0.1) is 0 Å². The van der Waals surface area contributed by atoms with Crippen LogP contribution in [-0.2, 0) is 0 Å². The molecule has 1 N–H and O–H groups in total. The first kappa shape index (κ1) is 10.4. The van der Waals surface area contributed by atoms with Gasteiger partial charge in [0.1, 0.15) is 0 Å². The molecule has 17 heavy (non-hydrogen) atoms. The van der Waals surface area contributed by atoms with Gasteiger partial charge in [0, 0.05) is 21.6 Å². The van der Waals surface area contributed by atoms with Gasteiger partial charge >= 0.3 is 0 Å². The van der Waals surface area contributed by atoms with Crippen LogP contribution in [0.1, 0.15) is 5.56 Å². The molecule has 3 rings (SSSR count). The SMILES string of the molecule is Cc1ccc2cc(-c3cccc(Cl)c3)[nH]c2c1. The minimum Gasteiger partial charge on any atom is -0.355 e. The van der Waals surface area contributed by atoms with E-state index in [0.29, 0.717) is 0 Å². The van der Waals surface area contributed by atoms with Gasteiger partial charge in [-0.05, 0) is 42.3 Å². The van der Waals surface area contributed by atoms with Crippen LogP contribution in [0.4, 0.5) is 0 Å². The van der Waals surface area contributed by atoms with Gasteiger partial charge in [0.15, 0.2) is 0 Å². The Kier molecular flexibility index (Phi) is 2.41. The topological polar surface area (TPSA) is 15.8 Å². The van der Waals surface area contributed by atoms with Crippen LogP contribution >= 0.6 is 11.6 Å². The first-order valence-electron chi connectivity index (χ1n) is 5.58. The molecule has 2 aromatic carbocycles. The smallest absolute Gasteiger partial charge is 0.0465 e. The molecule has 0 amide bonds. The van der Waals surface area contributed by atoms with E-state index >= 15 is 0 Å². The fraction of sp³-hybridized carbons (Fsp3) is 0.0667. The van der Waals surface area contributed by atoms with Gasteiger partial charge in [0.05, 0.1) is 0 Å². The summed E-state index contributed by atoms with van der Waals surface area (Å²) in [4.78, 5) is 3.42. The third-order valence-electron chi connectivity index (χ3n) is 2.91. The summed E-state index contributed by atoms with van der Waals surface area (Å²) in [5.74, 6) is 0. The Bertz CT molecular complexity index is 682. The van der Waals surface area contributed by atoms with Crippen molar-refractivity contribution in [2.45, 2.75) is 6.92 Å². The van der Waals surface area contributed by atoms with Crippen molar-refractivity contribution in [2.75, 3.05) is 0 Å². The van der Waals surface area contributed by atoms with Crippen LogP contribution in [0.25, 0.3) is 22.2 Å². The second kappa shape index (κ2) is 3.94. The third-order valence-corrected chi connectivity index (χ3v) is 3.15. The molecule has 3 aromatic rings. The Morgan fingerprint density at radius 1 is 1.00 bits per heavy atom. The van der Waals surface area contributed by atoms with E-state index in [1.54, 1.807) is 0 Å². The summed E-state index contributed by atoms with van der Waals surface area (Å²) >= 11 is 6.00. The lowest BCUT2D eigenvalue weighted by molar-refractivity contribution is 1.43. The highest BCUT2D eigenvalue weighted by Gasteiger charge is 2.03. The second-order valence-corrected chi connectivity index (χ2v) is 4.72. The van der Waals surface area contributed by atoms with E-state index in [1.165, 1.54) is 16.5 Å². The van der Waals surface area contributed by atoms with Gasteiger partial charge in [0.25, 0.3) is 0 Å². The molecule has 0 fully saturated rings. The van der Waals surface area contributed by atoms with Crippen LogP contribution < -0.4 is 0 Å². The Hall–Kier alpha value is -1.73. The molecule has 1 heterocycles. The molecule has 0 aliphatic heterocycles. The summed E-state index contributed by atoms with van der Waals surface area (Å²) in [5.41, 5.74) is 4.65. The van der Waals surface area contributed by atoms with E-state index < -0.39 is 0 Å². The molecule has 84 valence electrons. The van der Waals surface area contributed by atoms with Crippen LogP contribution in [0.2, 0.25) is 5.02 Å². The maximum absolute atomic E-state index is 6.00. The Morgan fingerprint density at radius 3 is 2.71 bits per heavy atom. The number of halogens is 1. The number of rotatable bonds is 1. The van der Waals surface area contributed by atoms with Crippen molar-refractivity contribution >= 4 is 22.5 Å². The fourth-order valence-corrected chi connectivity index (χ4v) is 2.24. The third kappa shape index (κ3) is 1.94. The molecule has 0 saturated carbocycles. The predicted octanol–water partition coefficient (Wildman–Crippen LogP) is 4.80. The average molecular weight is 242 g/mol. The van der Waals surface area contributed by atoms with E-state index in [1.807, 2.05) is 18.2 Å². The molecule has 0 spiro atoms. The number of benzene rings is 2. The van der Waals surface area contributed by atoms with Gasteiger partial charge in [0.2, 0.25) is 0 Å². The molecule has 0 aliphatic rings. The van der Waals surface area contributed by atoms with E-state index in [9.17, 15) is 0 Å². The van der Waals surface area contributed by atoms with Crippen molar-refractivity contribution in [1.82, 2.24) is 4.98 Å². The molecule has 0 unspecified atom stereocenters. The van der Waals surface area contributed by atoms with Crippen LogP contribution in [-0.4, -0.2) is 4.98 Å². The van der Waals surface area contributed by atoms with E-state index in [2.05, 4.69) is 42.2 Å². The molecular formula is C15H12ClN. The number of aromatic amines is 1. The van der Waals surface area contributed by atoms with Crippen molar-refractivity contribution in [3.8, 4) is 11.3 Å². The van der Waals surface area contributed by atoms with Crippen LogP contribution in [0.3, 0.4) is 0 Å². The molecule has 0 bridgehead atoms. The number of hydrogen-bond acceptors (Lipinski definition) is 0. The highest BCUT2D eigenvalue weighted by atomic mass is 35.5. The van der Waals surface area contributed by atoms with Gasteiger partial charge in [-0.1, -0.05) is 35.9 Å². The fourth-order valence-electron chi connectivity index (χ4n) is 2.05. The van der Waals surface area contributed by atoms with Gasteiger partial charge in [-0.2, -0.15) is 0 Å². The maximum atomic E-state index is 6.00. The quantitative estimate of drug-likeness (QED) is 0.630. The number of fused-ring (bicyclic) bond motifs is 1. The van der Waals surface area contributed by atoms with Gasteiger partial charge < -0.3 is 4.98 Å². The van der Waals surface area contributed by atoms with Crippen molar-refractivity contribution < 1.29 is 0 Å². The number of hydrogen-bond donors (Lipinski definition) is 1. The lowest BCUT2D eigenvalue weighted by Crippen LogP contribution is -1.76. The first-order valence-corrected chi connectivity index (χ1v) is 5.95. The number of nitrogens with one attached hydrogen (secondary N) is 1. The van der Waals surface area contributed by atoms with Crippen LogP contribution in [0.5, 0.6) is 0 Å². The molecule has 1 aromatic heterocycles. The van der Waals surface area contributed by atoms with E-state index in [4.69, 9.17) is 11.6 Å². The Balaban J connectivity index is 2.18. The number of H-pyrrole nitrogens is 1. The van der Waals surface area contributed by atoms with Gasteiger partial charge in [-0.3, -0.25) is 0 Å². The summed E-state index contributed by atoms with van der Waals surface area (Å²) in [6, 6.07) is 16.5. The molecule has 2 heteroatoms. The molecular weight excluding hydrogens is 230 g/mol. The molecule has 1 nitrogen and oxygen atoms in total. The van der Waals surface area contributed by atoms with Crippen molar-refractivity contribution in [3.05, 3.63) is 59.1 Å². The zero-order valence-corrected chi connectivity index (χ0v) is 10.3. The van der Waals surface area contributed by atoms with E-state index in [0.717, 1.165) is 16.3 Å². The molecule has 0 atom stereocenters. The predicted molar refractivity (Wildman–Crippen MR) is 73.5 cm³/mol. The molecule has 0 saturated heterocycles. The largest absolute Gasteiger partial charge is 0.355 e. The van der Waals surface area contributed by atoms with Crippen molar-refractivity contribution in [1.29, 1.82) is 0 Å². The minimum atomic E-state index is 0.761. The first-order chi connectivity index (χ1) is 8.22. The standard InChI is InChI=1S/C15H12ClN/c1-10-5-6-12-9-15(17-14(12)7-10)11-3-2-4-13(16)8-11/h2-9,17H,1H3. The highest BCUT2D eigenvalue weighted by molar-refractivity contribution is 6.30. The summed E-state index contributed by atoms with van der Waals surface area (Å²) in [6.45, 7) is 2.10.